The third-order valence-corrected chi connectivity index (χ3v) is 5.77. The summed E-state index contributed by atoms with van der Waals surface area (Å²) in [6.45, 7) is 2.35. The van der Waals surface area contributed by atoms with Crippen LogP contribution >= 0.6 is 11.3 Å². The molecule has 2 aromatic heterocycles. The lowest BCUT2D eigenvalue weighted by atomic mass is 10.1. The van der Waals surface area contributed by atoms with Gasteiger partial charge < -0.3 is 9.57 Å². The fourth-order valence-electron chi connectivity index (χ4n) is 3.34. The number of nitrogens with zero attached hydrogens (tertiary/aromatic N) is 4. The molecule has 1 amide bonds. The first-order valence-electron chi connectivity index (χ1n) is 9.74. The molecule has 1 aliphatic heterocycles. The number of benzene rings is 1. The number of nitrogens with one attached hydrogen (secondary N) is 1. The van der Waals surface area contributed by atoms with Crippen LogP contribution in [0.1, 0.15) is 11.1 Å². The van der Waals surface area contributed by atoms with Crippen LogP contribution in [0.4, 0.5) is 23.1 Å². The van der Waals surface area contributed by atoms with Gasteiger partial charge in [0.05, 0.1) is 12.7 Å². The minimum Gasteiger partial charge on any atom is -0.494 e. The molecule has 0 unspecified atom stereocenters. The Labute approximate surface area is 185 Å². The Morgan fingerprint density at radius 2 is 2.00 bits per heavy atom. The van der Waals surface area contributed by atoms with E-state index in [9.17, 15) is 18.0 Å². The fourth-order valence-corrected chi connectivity index (χ4v) is 4.15. The minimum absolute atomic E-state index is 0.338. The van der Waals surface area contributed by atoms with Gasteiger partial charge in [-0.05, 0) is 11.6 Å². The summed E-state index contributed by atoms with van der Waals surface area (Å²) in [5.74, 6) is 0.560. The highest BCUT2D eigenvalue weighted by Gasteiger charge is 2.30. The molecule has 12 heteroatoms. The number of pyridine rings is 1. The quantitative estimate of drug-likeness (QED) is 0.608. The van der Waals surface area contributed by atoms with E-state index in [0.717, 1.165) is 12.1 Å². The Bertz CT molecular complexity index is 1100. The highest BCUT2D eigenvalue weighted by Crippen LogP contribution is 2.31. The van der Waals surface area contributed by atoms with Gasteiger partial charge >= 0.3 is 12.3 Å². The summed E-state index contributed by atoms with van der Waals surface area (Å²) in [7, 11) is 1.53. The lowest BCUT2D eigenvalue weighted by molar-refractivity contribution is -0.137. The van der Waals surface area contributed by atoms with E-state index in [4.69, 9.17) is 9.57 Å². The number of aromatic nitrogens is 2. The number of piperazine rings is 1. The Kier molecular flexibility index (Phi) is 6.44. The molecule has 1 aromatic carbocycles. The number of halogens is 3. The van der Waals surface area contributed by atoms with E-state index in [-0.39, 0.29) is 0 Å². The number of thiazole rings is 1. The Morgan fingerprint density at radius 1 is 1.22 bits per heavy atom. The Hall–Kier alpha value is -2.96. The van der Waals surface area contributed by atoms with Crippen molar-refractivity contribution in [2.75, 3.05) is 38.6 Å². The molecule has 0 saturated carbocycles. The number of alkyl halides is 3. The molecule has 1 N–H and O–H groups in total. The molecule has 3 heterocycles. The van der Waals surface area contributed by atoms with Gasteiger partial charge in [0.15, 0.2) is 5.13 Å². The number of hydrogen-bond acceptors (Lipinski definition) is 8. The first kappa shape index (κ1) is 22.2. The smallest absolute Gasteiger partial charge is 0.432 e. The summed E-state index contributed by atoms with van der Waals surface area (Å²) in [6.07, 6.45) is -3.44. The summed E-state index contributed by atoms with van der Waals surface area (Å²) in [5, 5.41) is 4.45. The number of hydroxylamine groups is 2. The van der Waals surface area contributed by atoms with E-state index in [2.05, 4.69) is 15.3 Å². The maximum Gasteiger partial charge on any atom is 0.432 e. The first-order valence-corrected chi connectivity index (χ1v) is 10.6. The van der Waals surface area contributed by atoms with Crippen LogP contribution in [0, 0.1) is 0 Å². The summed E-state index contributed by atoms with van der Waals surface area (Å²) in [4.78, 5) is 28.7. The molecule has 170 valence electrons. The van der Waals surface area contributed by atoms with Gasteiger partial charge in [0, 0.05) is 45.0 Å². The molecule has 3 aromatic rings. The van der Waals surface area contributed by atoms with E-state index >= 15 is 0 Å². The van der Waals surface area contributed by atoms with Crippen molar-refractivity contribution in [1.29, 1.82) is 0 Å². The molecule has 8 nitrogen and oxygen atoms in total. The van der Waals surface area contributed by atoms with Gasteiger partial charge in [-0.1, -0.05) is 29.5 Å². The van der Waals surface area contributed by atoms with Crippen molar-refractivity contribution in [3.63, 3.8) is 0 Å². The van der Waals surface area contributed by atoms with E-state index in [1.165, 1.54) is 29.6 Å². The second kappa shape index (κ2) is 9.27. The zero-order valence-electron chi connectivity index (χ0n) is 17.1. The fraction of sp³-hybridized carbons (Fsp3) is 0.350. The maximum absolute atomic E-state index is 12.9. The van der Waals surface area contributed by atoms with Gasteiger partial charge in [-0.3, -0.25) is 10.2 Å². The predicted octanol–water partition coefficient (Wildman–Crippen LogP) is 4.00. The lowest BCUT2D eigenvalue weighted by Gasteiger charge is -2.33. The monoisotopic (exact) mass is 467 g/mol. The molecule has 0 aliphatic carbocycles. The van der Waals surface area contributed by atoms with Crippen molar-refractivity contribution < 1.29 is 27.5 Å². The van der Waals surface area contributed by atoms with Crippen LogP contribution < -0.4 is 10.1 Å². The van der Waals surface area contributed by atoms with E-state index in [1.807, 2.05) is 4.90 Å². The number of ether oxygens (including phenoxy) is 1. The molecule has 1 fully saturated rings. The molecule has 4 rings (SSSR count). The van der Waals surface area contributed by atoms with Crippen molar-refractivity contribution in [2.24, 2.45) is 0 Å². The largest absolute Gasteiger partial charge is 0.494 e. The topological polar surface area (TPSA) is 79.8 Å². The summed E-state index contributed by atoms with van der Waals surface area (Å²) in [5.41, 5.74) is 0.488. The summed E-state index contributed by atoms with van der Waals surface area (Å²) in [6, 6.07) is 7.00. The second-order valence-electron chi connectivity index (χ2n) is 7.09. The lowest BCUT2D eigenvalue weighted by Crippen LogP contribution is -2.46. The molecular weight excluding hydrogens is 447 g/mol. The number of carbonyl (C=O) groups is 1. The van der Waals surface area contributed by atoms with Crippen LogP contribution in [0.5, 0.6) is 5.75 Å². The van der Waals surface area contributed by atoms with Crippen LogP contribution in [0.25, 0.3) is 10.3 Å². The van der Waals surface area contributed by atoms with Crippen molar-refractivity contribution in [3.8, 4) is 5.75 Å². The second-order valence-corrected chi connectivity index (χ2v) is 8.07. The molecule has 0 bridgehead atoms. The number of fused-ring (bicyclic) bond motifs is 1. The summed E-state index contributed by atoms with van der Waals surface area (Å²) < 4.78 is 43.9. The van der Waals surface area contributed by atoms with Crippen molar-refractivity contribution >= 4 is 32.9 Å². The third-order valence-electron chi connectivity index (χ3n) is 4.89. The normalized spacial score (nSPS) is 15.6. The average Bonchev–Trinajstić information content (AvgIpc) is 3.17. The number of amides is 1. The molecule has 0 radical (unpaired) electrons. The van der Waals surface area contributed by atoms with E-state index < -0.39 is 17.8 Å². The zero-order chi connectivity index (χ0) is 22.7. The number of carbonyl (C=O) groups excluding carboxylic acids is 1. The SMILES string of the molecule is COc1ccnc2sc(NC(=O)ON3CCN(Cc4cccc(C(F)(F)F)c4)CC3)nc12. The Balaban J connectivity index is 1.27. The first-order chi connectivity index (χ1) is 15.3. The van der Waals surface area contributed by atoms with Crippen molar-refractivity contribution in [3.05, 3.63) is 47.7 Å². The predicted molar refractivity (Wildman–Crippen MR) is 112 cm³/mol. The zero-order valence-corrected chi connectivity index (χ0v) is 17.9. The van der Waals surface area contributed by atoms with Crippen LogP contribution in [0.15, 0.2) is 36.5 Å². The molecule has 1 saturated heterocycles. The van der Waals surface area contributed by atoms with Crippen LogP contribution in [0.2, 0.25) is 0 Å². The highest BCUT2D eigenvalue weighted by molar-refractivity contribution is 7.22. The average molecular weight is 467 g/mol. The molecule has 0 atom stereocenters. The van der Waals surface area contributed by atoms with Crippen LogP contribution in [0.3, 0.4) is 0 Å². The van der Waals surface area contributed by atoms with Gasteiger partial charge in [-0.15, -0.1) is 5.06 Å². The standard InChI is InChI=1S/C20H20F3N5O3S/c1-30-15-5-6-24-17-16(15)25-18(32-17)26-19(29)31-28-9-7-27(8-10-28)12-13-3-2-4-14(11-13)20(21,22)23/h2-6,11H,7-10,12H2,1H3,(H,25,26,29). The summed E-state index contributed by atoms with van der Waals surface area (Å²) >= 11 is 1.20. The molecule has 32 heavy (non-hydrogen) atoms. The number of hydrogen-bond donors (Lipinski definition) is 1. The third kappa shape index (κ3) is 5.26. The maximum atomic E-state index is 12.9. The van der Waals surface area contributed by atoms with Gasteiger partial charge in [0.1, 0.15) is 16.1 Å². The van der Waals surface area contributed by atoms with E-state index in [0.29, 0.717) is 59.5 Å². The van der Waals surface area contributed by atoms with Crippen molar-refractivity contribution in [1.82, 2.24) is 19.9 Å². The number of rotatable bonds is 5. The van der Waals surface area contributed by atoms with E-state index in [1.54, 1.807) is 18.3 Å². The number of anilines is 1. The molecule has 1 aliphatic rings. The highest BCUT2D eigenvalue weighted by atomic mass is 32.1. The van der Waals surface area contributed by atoms with Gasteiger partial charge in [-0.25, -0.2) is 14.8 Å². The van der Waals surface area contributed by atoms with Crippen LogP contribution in [-0.2, 0) is 17.6 Å². The minimum atomic E-state index is -4.36. The molecular formula is C20H20F3N5O3S. The Morgan fingerprint density at radius 3 is 2.72 bits per heavy atom. The van der Waals surface area contributed by atoms with Gasteiger partial charge in [0.25, 0.3) is 0 Å². The van der Waals surface area contributed by atoms with Gasteiger partial charge in [-0.2, -0.15) is 13.2 Å². The van der Waals surface area contributed by atoms with Crippen molar-refractivity contribution in [2.45, 2.75) is 12.7 Å². The van der Waals surface area contributed by atoms with Crippen LogP contribution in [-0.4, -0.2) is 59.3 Å². The molecule has 0 spiro atoms. The van der Waals surface area contributed by atoms with Gasteiger partial charge in [0.2, 0.25) is 0 Å². The number of methoxy groups -OCH3 is 1.